The Kier molecular flexibility index (Phi) is 5.63. The Morgan fingerprint density at radius 1 is 1.15 bits per heavy atom. The van der Waals surface area contributed by atoms with Crippen LogP contribution in [0.1, 0.15) is 23.6 Å². The minimum Gasteiger partial charge on any atom is -0.311 e. The van der Waals surface area contributed by atoms with Gasteiger partial charge in [0.15, 0.2) is 0 Å². The molecule has 3 aliphatic rings. The molecule has 3 aliphatic heterocycles. The zero-order valence-electron chi connectivity index (χ0n) is 18.7. The van der Waals surface area contributed by atoms with Crippen LogP contribution in [0.4, 0.5) is 10.2 Å². The molecule has 5 heterocycles. The summed E-state index contributed by atoms with van der Waals surface area (Å²) < 4.78 is 16.5. The molecule has 1 amide bonds. The van der Waals surface area contributed by atoms with E-state index in [9.17, 15) is 14.0 Å². The van der Waals surface area contributed by atoms with Gasteiger partial charge in [0.05, 0.1) is 21.9 Å². The summed E-state index contributed by atoms with van der Waals surface area (Å²) in [6, 6.07) is 10.7. The zero-order valence-corrected chi connectivity index (χ0v) is 19.5. The van der Waals surface area contributed by atoms with E-state index in [2.05, 4.69) is 20.5 Å². The van der Waals surface area contributed by atoms with Crippen LogP contribution in [0.2, 0.25) is 0 Å². The van der Waals surface area contributed by atoms with E-state index in [1.54, 1.807) is 22.8 Å². The predicted octanol–water partition coefficient (Wildman–Crippen LogP) is 2.79. The van der Waals surface area contributed by atoms with Crippen LogP contribution in [0, 0.1) is 11.7 Å². The summed E-state index contributed by atoms with van der Waals surface area (Å²) in [5.41, 5.74) is 2.32. The minimum absolute atomic E-state index is 0.00159. The van der Waals surface area contributed by atoms with Crippen LogP contribution in [-0.4, -0.2) is 52.3 Å². The predicted molar refractivity (Wildman–Crippen MR) is 131 cm³/mol. The molecule has 9 heteroatoms. The van der Waals surface area contributed by atoms with Crippen molar-refractivity contribution >= 4 is 34.4 Å². The molecule has 1 saturated heterocycles. The van der Waals surface area contributed by atoms with Gasteiger partial charge in [0, 0.05) is 43.7 Å². The molecule has 2 atom stereocenters. The highest BCUT2D eigenvalue weighted by molar-refractivity contribution is 8.00. The van der Waals surface area contributed by atoms with Gasteiger partial charge in [-0.2, -0.15) is 0 Å². The first-order chi connectivity index (χ1) is 16.5. The van der Waals surface area contributed by atoms with Gasteiger partial charge < -0.3 is 20.1 Å². The van der Waals surface area contributed by atoms with Gasteiger partial charge in [-0.1, -0.05) is 0 Å². The number of rotatable bonds is 6. The summed E-state index contributed by atoms with van der Waals surface area (Å²) in [6.07, 6.45) is 1.09. The molecule has 0 saturated carbocycles. The average Bonchev–Trinajstić information content (AvgIpc) is 3.44. The second kappa shape index (κ2) is 8.79. The Balaban J connectivity index is 1.05. The van der Waals surface area contributed by atoms with Crippen molar-refractivity contribution < 1.29 is 9.18 Å². The van der Waals surface area contributed by atoms with Crippen molar-refractivity contribution in [3.05, 3.63) is 63.8 Å². The fraction of sp³-hybridized carbons (Fsp3) is 0.400. The van der Waals surface area contributed by atoms with E-state index in [4.69, 9.17) is 0 Å². The standard InChI is InChI=1S/C25H26FN5O2S/c26-19-4-1-16-2-6-22(33)31-13-17(23(19)24(16)31)12-30-8-7-15(11-30)9-27-10-18-3-5-20-25(28-18)29-21(32)14-34-20/h1-6,15,17,27H,7-14H2,(H,28,29,32)/t15-,17?/m1/s1. The number of pyridine rings is 2. The summed E-state index contributed by atoms with van der Waals surface area (Å²) in [4.78, 5) is 32.0. The molecule has 7 nitrogen and oxygen atoms in total. The molecule has 176 valence electrons. The summed E-state index contributed by atoms with van der Waals surface area (Å²) in [6.45, 7) is 4.77. The molecule has 2 N–H and O–H groups in total. The van der Waals surface area contributed by atoms with Gasteiger partial charge in [-0.3, -0.25) is 9.59 Å². The van der Waals surface area contributed by atoms with Crippen LogP contribution < -0.4 is 16.2 Å². The highest BCUT2D eigenvalue weighted by atomic mass is 32.2. The topological polar surface area (TPSA) is 79.3 Å². The van der Waals surface area contributed by atoms with Gasteiger partial charge >= 0.3 is 0 Å². The lowest BCUT2D eigenvalue weighted by Gasteiger charge is -2.21. The van der Waals surface area contributed by atoms with Crippen molar-refractivity contribution in [2.75, 3.05) is 37.2 Å². The number of likely N-dealkylation sites (tertiary alicyclic amines) is 1. The first-order valence-corrected chi connectivity index (χ1v) is 12.7. The number of amides is 1. The number of nitrogens with one attached hydrogen (secondary N) is 2. The van der Waals surface area contributed by atoms with Gasteiger partial charge in [0.1, 0.15) is 11.6 Å². The highest BCUT2D eigenvalue weighted by Crippen LogP contribution is 2.36. The number of carbonyl (C=O) groups excluding carboxylic acids is 1. The van der Waals surface area contributed by atoms with Crippen molar-refractivity contribution in [2.24, 2.45) is 5.92 Å². The van der Waals surface area contributed by atoms with Crippen LogP contribution in [0.5, 0.6) is 0 Å². The van der Waals surface area contributed by atoms with Gasteiger partial charge in [-0.25, -0.2) is 9.37 Å². The van der Waals surface area contributed by atoms with E-state index in [-0.39, 0.29) is 23.2 Å². The van der Waals surface area contributed by atoms with E-state index in [0.29, 0.717) is 36.1 Å². The average molecular weight is 480 g/mol. The van der Waals surface area contributed by atoms with Crippen molar-refractivity contribution in [1.29, 1.82) is 0 Å². The third-order valence-electron chi connectivity index (χ3n) is 7.07. The molecule has 1 aromatic carbocycles. The number of hydrogen-bond donors (Lipinski definition) is 2. The molecule has 1 unspecified atom stereocenters. The second-order valence-electron chi connectivity index (χ2n) is 9.41. The molecule has 0 bridgehead atoms. The summed E-state index contributed by atoms with van der Waals surface area (Å²) >= 11 is 1.52. The number of halogens is 1. The maximum absolute atomic E-state index is 14.8. The quantitative estimate of drug-likeness (QED) is 0.566. The summed E-state index contributed by atoms with van der Waals surface area (Å²) in [7, 11) is 0. The van der Waals surface area contributed by atoms with Crippen molar-refractivity contribution in [1.82, 2.24) is 19.8 Å². The number of hydrogen-bond acceptors (Lipinski definition) is 6. The smallest absolute Gasteiger partial charge is 0.251 e. The van der Waals surface area contributed by atoms with Crippen molar-refractivity contribution in [3.63, 3.8) is 0 Å². The summed E-state index contributed by atoms with van der Waals surface area (Å²) in [5.74, 6) is 1.40. The van der Waals surface area contributed by atoms with Gasteiger partial charge in [-0.15, -0.1) is 11.8 Å². The van der Waals surface area contributed by atoms with E-state index < -0.39 is 0 Å². The SMILES string of the molecule is O=C1CSc2ccc(CNC[C@H]3CCN(CC4Cn5c(=O)ccc6ccc(F)c4c65)C3)nc2N1. The lowest BCUT2D eigenvalue weighted by atomic mass is 9.98. The zero-order chi connectivity index (χ0) is 23.2. The van der Waals surface area contributed by atoms with Crippen LogP contribution in [0.15, 0.2) is 46.1 Å². The molecule has 34 heavy (non-hydrogen) atoms. The largest absolute Gasteiger partial charge is 0.311 e. The molecule has 6 rings (SSSR count). The number of thioether (sulfide) groups is 1. The van der Waals surface area contributed by atoms with Crippen LogP contribution in [0.3, 0.4) is 0 Å². The third-order valence-corrected chi connectivity index (χ3v) is 8.11. The van der Waals surface area contributed by atoms with Gasteiger partial charge in [0.2, 0.25) is 5.91 Å². The van der Waals surface area contributed by atoms with Crippen molar-refractivity contribution in [2.45, 2.75) is 30.3 Å². The van der Waals surface area contributed by atoms with Crippen molar-refractivity contribution in [3.8, 4) is 0 Å². The molecule has 2 aromatic heterocycles. The van der Waals surface area contributed by atoms with E-state index in [1.165, 1.54) is 17.8 Å². The van der Waals surface area contributed by atoms with Gasteiger partial charge in [0.25, 0.3) is 5.56 Å². The van der Waals surface area contributed by atoms with Crippen LogP contribution in [0.25, 0.3) is 10.9 Å². The van der Waals surface area contributed by atoms with Crippen LogP contribution in [-0.2, 0) is 17.9 Å². The Hall–Kier alpha value is -2.75. The second-order valence-corrected chi connectivity index (χ2v) is 10.4. The number of benzene rings is 1. The maximum atomic E-state index is 14.8. The Labute approximate surface area is 200 Å². The minimum atomic E-state index is -0.209. The van der Waals surface area contributed by atoms with E-state index >= 15 is 0 Å². The molecule has 0 radical (unpaired) electrons. The number of carbonyl (C=O) groups is 1. The normalized spacial score (nSPS) is 21.7. The molecule has 0 aliphatic carbocycles. The third kappa shape index (κ3) is 4.01. The maximum Gasteiger partial charge on any atom is 0.251 e. The molecular formula is C25H26FN5O2S. The summed E-state index contributed by atoms with van der Waals surface area (Å²) in [5, 5.41) is 7.28. The number of fused-ring (bicyclic) bond motifs is 1. The van der Waals surface area contributed by atoms with Gasteiger partial charge in [-0.05, 0) is 61.1 Å². The number of aromatic nitrogens is 2. The Morgan fingerprint density at radius 3 is 2.94 bits per heavy atom. The molecule has 3 aromatic rings. The lowest BCUT2D eigenvalue weighted by molar-refractivity contribution is -0.113. The van der Waals surface area contributed by atoms with Crippen LogP contribution >= 0.6 is 11.8 Å². The Morgan fingerprint density at radius 2 is 2.03 bits per heavy atom. The first-order valence-electron chi connectivity index (χ1n) is 11.7. The van der Waals surface area contributed by atoms with E-state index in [0.717, 1.165) is 54.1 Å². The lowest BCUT2D eigenvalue weighted by Crippen LogP contribution is -2.30. The molecule has 1 fully saturated rings. The molecular weight excluding hydrogens is 453 g/mol. The fourth-order valence-corrected chi connectivity index (χ4v) is 6.25. The number of nitrogens with zero attached hydrogens (tertiary/aromatic N) is 3. The fourth-order valence-electron chi connectivity index (χ4n) is 5.49. The number of anilines is 1. The first kappa shape index (κ1) is 21.8. The monoisotopic (exact) mass is 479 g/mol. The van der Waals surface area contributed by atoms with E-state index in [1.807, 2.05) is 12.1 Å². The Bertz CT molecular complexity index is 1340. The molecule has 0 spiro atoms. The highest BCUT2D eigenvalue weighted by Gasteiger charge is 2.32.